The number of nitrogens with zero attached hydrogens (tertiary/aromatic N) is 4. The minimum absolute atomic E-state index is 0.0754. The van der Waals surface area contributed by atoms with Gasteiger partial charge in [0, 0.05) is 42.9 Å². The topological polar surface area (TPSA) is 171 Å². The monoisotopic (exact) mass is 548 g/mol. The van der Waals surface area contributed by atoms with Gasteiger partial charge in [0.25, 0.3) is 0 Å². The molecule has 1 aliphatic heterocycles. The molecule has 3 aromatic rings. The number of rotatable bonds is 15. The van der Waals surface area contributed by atoms with Crippen LogP contribution in [0.3, 0.4) is 0 Å². The van der Waals surface area contributed by atoms with E-state index in [0.717, 1.165) is 80.6 Å². The minimum atomic E-state index is -0.862. The number of anilines is 2. The quantitative estimate of drug-likeness (QED) is 0.0707. The van der Waals surface area contributed by atoms with Gasteiger partial charge in [-0.15, -0.1) is 0 Å². The van der Waals surface area contributed by atoms with Gasteiger partial charge in [0.2, 0.25) is 0 Å². The van der Waals surface area contributed by atoms with Gasteiger partial charge < -0.3 is 21.0 Å². The Balaban J connectivity index is 1.31. The maximum absolute atomic E-state index is 11.4. The Morgan fingerprint density at radius 3 is 2.60 bits per heavy atom. The lowest BCUT2D eigenvalue weighted by atomic mass is 9.92. The van der Waals surface area contributed by atoms with E-state index in [1.807, 2.05) is 6.92 Å². The standard InChI is InChI=1S/C29H40N8O3/c1-19-32-17-24(18-33-19)20(14-27(38)39)7-4-2-3-5-9-25-23(13-21-8-6-12-31-28(21)36-25)16-35-29(40)22-10-11-26(37-30)34-15-22/h10-11,13,15,17-18,20,29,35,40H,2-9,12,14,16,30H2,1H3,(H,31,36)(H,34,37)(H,38,39)/t20-,29?/m0/s1. The van der Waals surface area contributed by atoms with Crippen molar-refractivity contribution in [2.24, 2.45) is 5.84 Å². The van der Waals surface area contributed by atoms with Crippen molar-refractivity contribution in [2.45, 2.75) is 83.4 Å². The highest BCUT2D eigenvalue weighted by atomic mass is 16.4. The molecule has 0 bridgehead atoms. The SMILES string of the molecule is Cc1ncc([C@@H](CCCCCCc2nc3c(cc2CNC(O)c2ccc(NN)nc2)CCCN3)CC(=O)O)cn1. The molecule has 1 unspecified atom stereocenters. The number of nitrogens with two attached hydrogens (primary N) is 1. The summed E-state index contributed by atoms with van der Waals surface area (Å²) in [5.74, 6) is 6.69. The van der Waals surface area contributed by atoms with Crippen LogP contribution in [0.15, 0.2) is 36.8 Å². The fourth-order valence-corrected chi connectivity index (χ4v) is 5.06. The first-order valence-electron chi connectivity index (χ1n) is 14.0. The molecule has 11 heteroatoms. The van der Waals surface area contributed by atoms with Crippen molar-refractivity contribution in [1.29, 1.82) is 0 Å². The van der Waals surface area contributed by atoms with Crippen LogP contribution >= 0.6 is 0 Å². The molecule has 2 atom stereocenters. The van der Waals surface area contributed by atoms with E-state index in [1.165, 1.54) is 5.56 Å². The number of nitrogen functional groups attached to an aromatic ring is 1. The third-order valence-corrected chi connectivity index (χ3v) is 7.33. The highest BCUT2D eigenvalue weighted by Gasteiger charge is 2.18. The van der Waals surface area contributed by atoms with E-state index in [0.29, 0.717) is 23.8 Å². The Labute approximate surface area is 235 Å². The number of aliphatic hydroxyl groups excluding tert-OH is 1. The van der Waals surface area contributed by atoms with Crippen molar-refractivity contribution >= 4 is 17.6 Å². The van der Waals surface area contributed by atoms with Crippen molar-refractivity contribution in [3.05, 3.63) is 70.6 Å². The summed E-state index contributed by atoms with van der Waals surface area (Å²) in [7, 11) is 0. The number of nitrogens with one attached hydrogen (secondary N) is 3. The number of aliphatic hydroxyl groups is 1. The van der Waals surface area contributed by atoms with E-state index in [9.17, 15) is 15.0 Å². The Morgan fingerprint density at radius 2 is 1.88 bits per heavy atom. The number of carboxylic acids is 1. The zero-order valence-electron chi connectivity index (χ0n) is 23.1. The van der Waals surface area contributed by atoms with Crippen molar-refractivity contribution < 1.29 is 15.0 Å². The minimum Gasteiger partial charge on any atom is -0.481 e. The average molecular weight is 549 g/mol. The fraction of sp³-hybridized carbons (Fsp3) is 0.483. The van der Waals surface area contributed by atoms with E-state index >= 15 is 0 Å². The molecule has 7 N–H and O–H groups in total. The predicted molar refractivity (Wildman–Crippen MR) is 153 cm³/mol. The van der Waals surface area contributed by atoms with Crippen LogP contribution in [0, 0.1) is 6.92 Å². The van der Waals surface area contributed by atoms with Crippen LogP contribution in [0.25, 0.3) is 0 Å². The Morgan fingerprint density at radius 1 is 1.10 bits per heavy atom. The molecule has 1 aliphatic rings. The first kappa shape index (κ1) is 29.3. The van der Waals surface area contributed by atoms with Gasteiger partial charge in [0.15, 0.2) is 0 Å². The molecular formula is C29H40N8O3. The molecule has 4 rings (SSSR count). The summed E-state index contributed by atoms with van der Waals surface area (Å²) in [4.78, 5) is 29.0. The lowest BCUT2D eigenvalue weighted by molar-refractivity contribution is -0.137. The molecule has 0 fully saturated rings. The molecule has 3 aromatic heterocycles. The third-order valence-electron chi connectivity index (χ3n) is 7.33. The van der Waals surface area contributed by atoms with Gasteiger partial charge in [0.05, 0.1) is 6.42 Å². The predicted octanol–water partition coefficient (Wildman–Crippen LogP) is 3.75. The van der Waals surface area contributed by atoms with Crippen LogP contribution in [0.2, 0.25) is 0 Å². The van der Waals surface area contributed by atoms with Crippen molar-refractivity contribution in [1.82, 2.24) is 25.3 Å². The molecule has 0 saturated heterocycles. The number of hydrogen-bond acceptors (Lipinski definition) is 10. The van der Waals surface area contributed by atoms with Crippen molar-refractivity contribution in [2.75, 3.05) is 17.3 Å². The maximum Gasteiger partial charge on any atom is 0.303 e. The number of aryl methyl sites for hydroxylation is 3. The van der Waals surface area contributed by atoms with Gasteiger partial charge in [-0.2, -0.15) is 0 Å². The average Bonchev–Trinajstić information content (AvgIpc) is 2.97. The van der Waals surface area contributed by atoms with Crippen molar-refractivity contribution in [3.63, 3.8) is 0 Å². The number of pyridine rings is 2. The summed E-state index contributed by atoms with van der Waals surface area (Å²) in [5, 5.41) is 26.6. The number of unbranched alkanes of at least 4 members (excludes halogenated alkanes) is 3. The Bertz CT molecular complexity index is 1240. The summed E-state index contributed by atoms with van der Waals surface area (Å²) in [6.45, 7) is 3.24. The molecule has 40 heavy (non-hydrogen) atoms. The summed E-state index contributed by atoms with van der Waals surface area (Å²) < 4.78 is 0. The summed E-state index contributed by atoms with van der Waals surface area (Å²) >= 11 is 0. The second-order valence-corrected chi connectivity index (χ2v) is 10.3. The van der Waals surface area contributed by atoms with Gasteiger partial charge in [-0.3, -0.25) is 10.1 Å². The number of aliphatic carboxylic acids is 1. The summed E-state index contributed by atoms with van der Waals surface area (Å²) in [5.41, 5.74) is 7.38. The maximum atomic E-state index is 11.4. The number of carboxylic acid groups (broad SMARTS) is 1. The summed E-state index contributed by atoms with van der Waals surface area (Å²) in [6.07, 6.45) is 12.0. The molecule has 11 nitrogen and oxygen atoms in total. The number of hydrazine groups is 1. The molecule has 0 amide bonds. The highest BCUT2D eigenvalue weighted by molar-refractivity contribution is 5.68. The molecule has 214 valence electrons. The second kappa shape index (κ2) is 14.6. The molecule has 0 aliphatic carbocycles. The van der Waals surface area contributed by atoms with Gasteiger partial charge >= 0.3 is 5.97 Å². The largest absolute Gasteiger partial charge is 0.481 e. The van der Waals surface area contributed by atoms with Crippen LogP contribution < -0.4 is 21.9 Å². The van der Waals surface area contributed by atoms with E-state index in [1.54, 1.807) is 30.7 Å². The Hall–Kier alpha value is -3.67. The summed E-state index contributed by atoms with van der Waals surface area (Å²) in [6, 6.07) is 5.71. The fourth-order valence-electron chi connectivity index (χ4n) is 5.06. The van der Waals surface area contributed by atoms with Crippen LogP contribution in [0.4, 0.5) is 11.6 Å². The van der Waals surface area contributed by atoms with E-state index in [4.69, 9.17) is 10.8 Å². The van der Waals surface area contributed by atoms with E-state index in [-0.39, 0.29) is 12.3 Å². The van der Waals surface area contributed by atoms with Crippen LogP contribution in [-0.4, -0.2) is 42.7 Å². The Kier molecular flexibility index (Phi) is 10.7. The first-order chi connectivity index (χ1) is 19.4. The highest BCUT2D eigenvalue weighted by Crippen LogP contribution is 2.27. The van der Waals surface area contributed by atoms with Gasteiger partial charge in [-0.25, -0.2) is 25.8 Å². The smallest absolute Gasteiger partial charge is 0.303 e. The third kappa shape index (κ3) is 8.41. The van der Waals surface area contributed by atoms with Gasteiger partial charge in [-0.05, 0) is 79.8 Å². The molecule has 0 aromatic carbocycles. The molecule has 4 heterocycles. The number of hydrogen-bond donors (Lipinski definition) is 6. The number of aromatic nitrogens is 4. The normalized spacial score (nSPS) is 14.2. The van der Waals surface area contributed by atoms with Crippen LogP contribution in [0.1, 0.15) is 90.9 Å². The van der Waals surface area contributed by atoms with Gasteiger partial charge in [-0.1, -0.05) is 19.3 Å². The molecule has 0 radical (unpaired) electrons. The molecule has 0 saturated carbocycles. The van der Waals surface area contributed by atoms with Crippen LogP contribution in [0.5, 0.6) is 0 Å². The second-order valence-electron chi connectivity index (χ2n) is 10.3. The zero-order valence-corrected chi connectivity index (χ0v) is 23.1. The molecule has 0 spiro atoms. The van der Waals surface area contributed by atoms with E-state index < -0.39 is 12.2 Å². The zero-order chi connectivity index (χ0) is 28.3. The van der Waals surface area contributed by atoms with Gasteiger partial charge in [0.1, 0.15) is 23.7 Å². The van der Waals surface area contributed by atoms with Crippen molar-refractivity contribution in [3.8, 4) is 0 Å². The molecular weight excluding hydrogens is 508 g/mol. The number of fused-ring (bicyclic) bond motifs is 1. The lowest BCUT2D eigenvalue weighted by Gasteiger charge is -2.21. The van der Waals surface area contributed by atoms with Crippen LogP contribution in [-0.2, 0) is 24.2 Å². The number of carbonyl (C=O) groups is 1. The lowest BCUT2D eigenvalue weighted by Crippen LogP contribution is -2.23. The first-order valence-corrected chi connectivity index (χ1v) is 14.0. The van der Waals surface area contributed by atoms with E-state index in [2.05, 4.69) is 37.1 Å².